The molecule has 1 aromatic heterocycles. The van der Waals surface area contributed by atoms with Gasteiger partial charge in [-0.1, -0.05) is 6.92 Å². The third-order valence-electron chi connectivity index (χ3n) is 3.60. The van der Waals surface area contributed by atoms with Crippen molar-refractivity contribution in [1.29, 1.82) is 5.26 Å². The van der Waals surface area contributed by atoms with Gasteiger partial charge in [0.2, 0.25) is 0 Å². The SMILES string of the molecule is COCC(C)Cn1c(C)cc2c(CF)c(C#N)ccc21. The number of nitriles is 1. The third kappa shape index (κ3) is 2.54. The Bertz CT molecular complexity index is 655. The summed E-state index contributed by atoms with van der Waals surface area (Å²) in [5, 5.41) is 9.90. The van der Waals surface area contributed by atoms with Gasteiger partial charge in [-0.15, -0.1) is 0 Å². The van der Waals surface area contributed by atoms with Gasteiger partial charge in [0.05, 0.1) is 18.2 Å². The molecule has 0 spiro atoms. The molecule has 1 aromatic carbocycles. The highest BCUT2D eigenvalue weighted by molar-refractivity contribution is 5.86. The molecule has 106 valence electrons. The molecule has 4 heteroatoms. The van der Waals surface area contributed by atoms with E-state index in [0.29, 0.717) is 23.7 Å². The fourth-order valence-corrected chi connectivity index (χ4v) is 2.67. The minimum atomic E-state index is -0.614. The molecule has 20 heavy (non-hydrogen) atoms. The topological polar surface area (TPSA) is 38.0 Å². The first-order valence-electron chi connectivity index (χ1n) is 6.69. The van der Waals surface area contributed by atoms with E-state index in [9.17, 15) is 4.39 Å². The van der Waals surface area contributed by atoms with Crippen LogP contribution in [0.15, 0.2) is 18.2 Å². The summed E-state index contributed by atoms with van der Waals surface area (Å²) in [4.78, 5) is 0. The first-order chi connectivity index (χ1) is 9.62. The van der Waals surface area contributed by atoms with Crippen molar-refractivity contribution < 1.29 is 9.13 Å². The predicted octanol–water partition coefficient (Wildman–Crippen LogP) is 3.57. The standard InChI is InChI=1S/C16H19FN2O/c1-11(10-20-3)9-19-12(2)6-14-15(7-17)13(8-18)4-5-16(14)19/h4-6,11H,7,9-10H2,1-3H3. The largest absolute Gasteiger partial charge is 0.384 e. The lowest BCUT2D eigenvalue weighted by atomic mass is 10.0. The molecular weight excluding hydrogens is 255 g/mol. The van der Waals surface area contributed by atoms with Gasteiger partial charge >= 0.3 is 0 Å². The Kier molecular flexibility index (Phi) is 4.41. The van der Waals surface area contributed by atoms with E-state index < -0.39 is 6.67 Å². The molecule has 2 rings (SSSR count). The van der Waals surface area contributed by atoms with Crippen LogP contribution in [0.2, 0.25) is 0 Å². The van der Waals surface area contributed by atoms with Crippen LogP contribution < -0.4 is 0 Å². The predicted molar refractivity (Wildman–Crippen MR) is 77.2 cm³/mol. The number of halogens is 1. The average molecular weight is 274 g/mol. The van der Waals surface area contributed by atoms with Gasteiger partial charge < -0.3 is 9.30 Å². The van der Waals surface area contributed by atoms with Crippen LogP contribution in [0.5, 0.6) is 0 Å². The van der Waals surface area contributed by atoms with E-state index in [2.05, 4.69) is 17.6 Å². The van der Waals surface area contributed by atoms with E-state index in [1.165, 1.54) is 0 Å². The van der Waals surface area contributed by atoms with Crippen LogP contribution in [0.4, 0.5) is 4.39 Å². The van der Waals surface area contributed by atoms with Gasteiger partial charge in [-0.3, -0.25) is 0 Å². The second-order valence-corrected chi connectivity index (χ2v) is 5.23. The number of hydrogen-bond donors (Lipinski definition) is 0. The molecule has 0 fully saturated rings. The van der Waals surface area contributed by atoms with Crippen LogP contribution in [0.1, 0.15) is 23.7 Å². The first-order valence-corrected chi connectivity index (χ1v) is 6.69. The number of methoxy groups -OCH3 is 1. The summed E-state index contributed by atoms with van der Waals surface area (Å²) in [6, 6.07) is 7.63. The summed E-state index contributed by atoms with van der Waals surface area (Å²) in [5.74, 6) is 0.374. The van der Waals surface area contributed by atoms with Crippen LogP contribution in [-0.4, -0.2) is 18.3 Å². The Morgan fingerprint density at radius 2 is 2.20 bits per heavy atom. The highest BCUT2D eigenvalue weighted by atomic mass is 19.1. The third-order valence-corrected chi connectivity index (χ3v) is 3.60. The van der Waals surface area contributed by atoms with Crippen LogP contribution >= 0.6 is 0 Å². The van der Waals surface area contributed by atoms with Crippen molar-refractivity contribution in [3.8, 4) is 6.07 Å². The molecule has 0 saturated heterocycles. The van der Waals surface area contributed by atoms with Crippen molar-refractivity contribution in [3.05, 3.63) is 35.0 Å². The molecule has 0 bridgehead atoms. The van der Waals surface area contributed by atoms with Crippen molar-refractivity contribution in [2.75, 3.05) is 13.7 Å². The highest BCUT2D eigenvalue weighted by Gasteiger charge is 2.14. The molecule has 0 amide bonds. The highest BCUT2D eigenvalue weighted by Crippen LogP contribution is 2.27. The van der Waals surface area contributed by atoms with Crippen LogP contribution in [0.25, 0.3) is 10.9 Å². The zero-order valence-corrected chi connectivity index (χ0v) is 12.1. The lowest BCUT2D eigenvalue weighted by molar-refractivity contribution is 0.152. The number of ether oxygens (including phenoxy) is 1. The number of aromatic nitrogens is 1. The Morgan fingerprint density at radius 1 is 1.45 bits per heavy atom. The number of alkyl halides is 1. The van der Waals surface area contributed by atoms with Crippen molar-refractivity contribution in [2.24, 2.45) is 5.92 Å². The van der Waals surface area contributed by atoms with Gasteiger partial charge in [0, 0.05) is 35.8 Å². The Morgan fingerprint density at radius 3 is 2.80 bits per heavy atom. The monoisotopic (exact) mass is 274 g/mol. The van der Waals surface area contributed by atoms with Crippen molar-refractivity contribution in [2.45, 2.75) is 27.1 Å². The van der Waals surface area contributed by atoms with Gasteiger partial charge in [0.1, 0.15) is 6.67 Å². The van der Waals surface area contributed by atoms with Crippen molar-refractivity contribution >= 4 is 10.9 Å². The van der Waals surface area contributed by atoms with Crippen LogP contribution in [0, 0.1) is 24.2 Å². The van der Waals surface area contributed by atoms with Gasteiger partial charge in [-0.2, -0.15) is 5.26 Å². The molecule has 0 saturated carbocycles. The molecule has 1 heterocycles. The second-order valence-electron chi connectivity index (χ2n) is 5.23. The lowest BCUT2D eigenvalue weighted by Gasteiger charge is -2.14. The zero-order chi connectivity index (χ0) is 14.7. The molecule has 0 radical (unpaired) electrons. The van der Waals surface area contributed by atoms with Gasteiger partial charge in [0.25, 0.3) is 0 Å². The normalized spacial score (nSPS) is 12.6. The molecule has 2 aromatic rings. The van der Waals surface area contributed by atoms with Crippen LogP contribution in [-0.2, 0) is 18.0 Å². The van der Waals surface area contributed by atoms with Crippen molar-refractivity contribution in [1.82, 2.24) is 4.57 Å². The fourth-order valence-electron chi connectivity index (χ4n) is 2.67. The summed E-state index contributed by atoms with van der Waals surface area (Å²) >= 11 is 0. The molecule has 0 aliphatic rings. The lowest BCUT2D eigenvalue weighted by Crippen LogP contribution is -2.13. The quantitative estimate of drug-likeness (QED) is 0.836. The number of aryl methyl sites for hydroxylation is 1. The van der Waals surface area contributed by atoms with E-state index in [0.717, 1.165) is 23.1 Å². The Hall–Kier alpha value is -1.86. The molecule has 0 aliphatic heterocycles. The van der Waals surface area contributed by atoms with Gasteiger partial charge in [0.15, 0.2) is 0 Å². The van der Waals surface area contributed by atoms with Crippen LogP contribution in [0.3, 0.4) is 0 Å². The number of fused-ring (bicyclic) bond motifs is 1. The average Bonchev–Trinajstić information content (AvgIpc) is 2.74. The molecule has 0 aliphatic carbocycles. The zero-order valence-electron chi connectivity index (χ0n) is 12.1. The van der Waals surface area contributed by atoms with Gasteiger partial charge in [-0.05, 0) is 31.0 Å². The molecule has 3 nitrogen and oxygen atoms in total. The Balaban J connectivity index is 2.52. The Labute approximate surface area is 118 Å². The van der Waals surface area contributed by atoms with E-state index in [1.54, 1.807) is 13.2 Å². The summed E-state index contributed by atoms with van der Waals surface area (Å²) in [6.07, 6.45) is 0. The van der Waals surface area contributed by atoms with E-state index in [4.69, 9.17) is 10.00 Å². The summed E-state index contributed by atoms with van der Waals surface area (Å²) in [6.45, 7) is 5.02. The number of nitrogens with zero attached hydrogens (tertiary/aromatic N) is 2. The fraction of sp³-hybridized carbons (Fsp3) is 0.438. The van der Waals surface area contributed by atoms with E-state index in [-0.39, 0.29) is 0 Å². The summed E-state index contributed by atoms with van der Waals surface area (Å²) in [7, 11) is 1.69. The summed E-state index contributed by atoms with van der Waals surface area (Å²) < 4.78 is 20.6. The van der Waals surface area contributed by atoms with Gasteiger partial charge in [-0.25, -0.2) is 4.39 Å². The van der Waals surface area contributed by atoms with E-state index >= 15 is 0 Å². The number of benzene rings is 1. The maximum atomic E-state index is 13.2. The number of hydrogen-bond acceptors (Lipinski definition) is 2. The molecule has 1 atom stereocenters. The minimum absolute atomic E-state index is 0.374. The molecule has 1 unspecified atom stereocenters. The smallest absolute Gasteiger partial charge is 0.116 e. The minimum Gasteiger partial charge on any atom is -0.384 e. The molecule has 0 N–H and O–H groups in total. The maximum Gasteiger partial charge on any atom is 0.116 e. The first kappa shape index (κ1) is 14.5. The van der Waals surface area contributed by atoms with Crippen molar-refractivity contribution in [3.63, 3.8) is 0 Å². The molecular formula is C16H19FN2O. The number of rotatable bonds is 5. The van der Waals surface area contributed by atoms with E-state index in [1.807, 2.05) is 19.1 Å². The second kappa shape index (κ2) is 6.06. The maximum absolute atomic E-state index is 13.2. The summed E-state index contributed by atoms with van der Waals surface area (Å²) in [5.41, 5.74) is 2.97.